The first-order chi connectivity index (χ1) is 20.2. The summed E-state index contributed by atoms with van der Waals surface area (Å²) in [6.45, 7) is 0.0744. The highest BCUT2D eigenvalue weighted by atomic mass is 19.3. The Kier molecular flexibility index (Phi) is 6.62. The van der Waals surface area contributed by atoms with Gasteiger partial charge in [0.1, 0.15) is 23.8 Å². The first-order valence-corrected chi connectivity index (χ1v) is 13.4. The fraction of sp³-hybridized carbons (Fsp3) is 0.300. The number of alkyl halides is 2. The maximum Gasteiger partial charge on any atom is 0.254 e. The third-order valence-corrected chi connectivity index (χ3v) is 7.86. The minimum Gasteiger partial charge on any atom is -0.310 e. The van der Waals surface area contributed by atoms with E-state index >= 15 is 0 Å². The van der Waals surface area contributed by atoms with Gasteiger partial charge in [0.15, 0.2) is 0 Å². The molecular weight excluding hydrogens is 544 g/mol. The average Bonchev–Trinajstić information content (AvgIpc) is 3.50. The van der Waals surface area contributed by atoms with Gasteiger partial charge in [-0.2, -0.15) is 10.5 Å². The van der Waals surface area contributed by atoms with Crippen LogP contribution in [0.4, 0.5) is 26.1 Å². The van der Waals surface area contributed by atoms with E-state index in [0.29, 0.717) is 11.3 Å². The normalized spacial score (nSPS) is 21.0. The number of carbonyl (C=O) groups excluding carboxylic acids is 3. The van der Waals surface area contributed by atoms with Crippen LogP contribution in [-0.4, -0.2) is 46.2 Å². The largest absolute Gasteiger partial charge is 0.310 e. The molecule has 1 aliphatic carbocycles. The fourth-order valence-corrected chi connectivity index (χ4v) is 5.96. The molecule has 1 saturated heterocycles. The molecule has 210 valence electrons. The number of para-hydroxylation sites is 1. The Bertz CT molecular complexity index is 1690. The van der Waals surface area contributed by atoms with Gasteiger partial charge >= 0.3 is 0 Å². The van der Waals surface area contributed by atoms with Crippen molar-refractivity contribution in [2.24, 2.45) is 5.92 Å². The quantitative estimate of drug-likeness (QED) is 0.441. The van der Waals surface area contributed by atoms with Crippen LogP contribution in [-0.2, 0) is 14.4 Å². The van der Waals surface area contributed by atoms with Crippen LogP contribution in [0.5, 0.6) is 0 Å². The minimum absolute atomic E-state index is 0.0137. The molecule has 6 rings (SSSR count). The van der Waals surface area contributed by atoms with Crippen molar-refractivity contribution in [3.8, 4) is 12.1 Å². The van der Waals surface area contributed by atoms with E-state index in [1.54, 1.807) is 42.5 Å². The molecule has 10 nitrogen and oxygen atoms in total. The Morgan fingerprint density at radius 2 is 1.86 bits per heavy atom. The van der Waals surface area contributed by atoms with E-state index in [0.717, 1.165) is 4.90 Å². The standard InChI is InChI=1S/C30H23F2N7O3/c31-30(32)13-19(14-30)17-37-23-7-2-1-6-22(23)26(28(37)42)38(21-5-3-4-18(12-21)15-33)27(41)24-8-9-25(40)39(24)29-35-11-10-20(16-34)36-29/h1-7,10-12,19,24,26H,8-9,13-14,17H2/t24-,26-/m0/s1. The zero-order valence-corrected chi connectivity index (χ0v) is 22.2. The van der Waals surface area contributed by atoms with Crippen LogP contribution in [0, 0.1) is 28.6 Å². The van der Waals surface area contributed by atoms with Gasteiger partial charge in [-0.3, -0.25) is 24.2 Å². The first kappa shape index (κ1) is 27.0. The van der Waals surface area contributed by atoms with Gasteiger partial charge in [-0.15, -0.1) is 0 Å². The highest BCUT2D eigenvalue weighted by molar-refractivity contribution is 6.15. The predicted molar refractivity (Wildman–Crippen MR) is 145 cm³/mol. The third kappa shape index (κ3) is 4.61. The van der Waals surface area contributed by atoms with Gasteiger partial charge in [0.2, 0.25) is 17.8 Å². The number of nitriles is 2. The summed E-state index contributed by atoms with van der Waals surface area (Å²) in [7, 11) is 0. The van der Waals surface area contributed by atoms with Gasteiger partial charge in [0.05, 0.1) is 11.6 Å². The van der Waals surface area contributed by atoms with Crippen LogP contribution >= 0.6 is 0 Å². The van der Waals surface area contributed by atoms with Crippen LogP contribution in [0.2, 0.25) is 0 Å². The molecule has 42 heavy (non-hydrogen) atoms. The number of fused-ring (bicyclic) bond motifs is 1. The molecule has 1 aromatic heterocycles. The van der Waals surface area contributed by atoms with Crippen LogP contribution in [0.3, 0.4) is 0 Å². The molecule has 12 heteroatoms. The topological polar surface area (TPSA) is 134 Å². The van der Waals surface area contributed by atoms with E-state index in [4.69, 9.17) is 0 Å². The number of rotatable bonds is 6. The molecule has 0 N–H and O–H groups in total. The molecule has 1 saturated carbocycles. The van der Waals surface area contributed by atoms with Crippen molar-refractivity contribution in [2.45, 2.75) is 43.7 Å². The Morgan fingerprint density at radius 3 is 2.60 bits per heavy atom. The minimum atomic E-state index is -2.75. The smallest absolute Gasteiger partial charge is 0.254 e. The number of aromatic nitrogens is 2. The Hall–Kier alpha value is -5.23. The number of carbonyl (C=O) groups is 3. The van der Waals surface area contributed by atoms with Crippen molar-refractivity contribution < 1.29 is 23.2 Å². The van der Waals surface area contributed by atoms with Crippen molar-refractivity contribution >= 4 is 35.0 Å². The summed E-state index contributed by atoms with van der Waals surface area (Å²) in [6, 6.07) is 16.1. The lowest BCUT2D eigenvalue weighted by Gasteiger charge is -2.37. The summed E-state index contributed by atoms with van der Waals surface area (Å²) < 4.78 is 27.3. The van der Waals surface area contributed by atoms with Crippen LogP contribution < -0.4 is 14.7 Å². The van der Waals surface area contributed by atoms with Gasteiger partial charge < -0.3 is 4.90 Å². The second kappa shape index (κ2) is 10.3. The second-order valence-electron chi connectivity index (χ2n) is 10.6. The summed E-state index contributed by atoms with van der Waals surface area (Å²) in [4.78, 5) is 53.8. The van der Waals surface area contributed by atoms with E-state index in [9.17, 15) is 33.7 Å². The Balaban J connectivity index is 1.43. The summed E-state index contributed by atoms with van der Waals surface area (Å²) in [6.07, 6.45) is 0.797. The van der Waals surface area contributed by atoms with Gasteiger partial charge in [-0.1, -0.05) is 24.3 Å². The maximum absolute atomic E-state index is 14.5. The van der Waals surface area contributed by atoms with Gasteiger partial charge in [-0.05, 0) is 42.7 Å². The van der Waals surface area contributed by atoms with Crippen molar-refractivity contribution in [2.75, 3.05) is 21.2 Å². The molecule has 2 aromatic carbocycles. The lowest BCUT2D eigenvalue weighted by Crippen LogP contribution is -2.51. The number of benzene rings is 2. The van der Waals surface area contributed by atoms with Gasteiger partial charge in [0, 0.05) is 48.9 Å². The van der Waals surface area contributed by atoms with Crippen molar-refractivity contribution in [1.82, 2.24) is 9.97 Å². The predicted octanol–water partition coefficient (Wildman–Crippen LogP) is 3.88. The highest BCUT2D eigenvalue weighted by Crippen LogP contribution is 2.47. The second-order valence-corrected chi connectivity index (χ2v) is 10.6. The summed E-state index contributed by atoms with van der Waals surface area (Å²) in [5.74, 6) is -4.75. The molecule has 0 spiro atoms. The van der Waals surface area contributed by atoms with E-state index in [1.807, 2.05) is 12.1 Å². The molecule has 0 unspecified atom stereocenters. The van der Waals surface area contributed by atoms with Gasteiger partial charge in [0.25, 0.3) is 11.8 Å². The lowest BCUT2D eigenvalue weighted by atomic mass is 9.81. The zero-order valence-electron chi connectivity index (χ0n) is 22.2. The number of amides is 3. The van der Waals surface area contributed by atoms with Crippen molar-refractivity contribution in [3.63, 3.8) is 0 Å². The summed E-state index contributed by atoms with van der Waals surface area (Å²) in [5, 5.41) is 18.9. The molecule has 3 aromatic rings. The maximum atomic E-state index is 14.5. The molecule has 0 radical (unpaired) electrons. The zero-order chi connectivity index (χ0) is 29.6. The number of hydrogen-bond donors (Lipinski definition) is 0. The fourth-order valence-electron chi connectivity index (χ4n) is 5.96. The van der Waals surface area contributed by atoms with Crippen LogP contribution in [0.25, 0.3) is 0 Å². The number of nitrogens with zero attached hydrogens (tertiary/aromatic N) is 7. The molecule has 2 atom stereocenters. The lowest BCUT2D eigenvalue weighted by molar-refractivity contribution is -0.126. The summed E-state index contributed by atoms with van der Waals surface area (Å²) in [5.41, 5.74) is 1.54. The van der Waals surface area contributed by atoms with E-state index in [2.05, 4.69) is 9.97 Å². The van der Waals surface area contributed by atoms with Gasteiger partial charge in [-0.25, -0.2) is 18.7 Å². The number of anilines is 3. The van der Waals surface area contributed by atoms with E-state index in [-0.39, 0.29) is 55.1 Å². The monoisotopic (exact) mass is 567 g/mol. The Morgan fingerprint density at radius 1 is 1.07 bits per heavy atom. The molecule has 3 amide bonds. The molecule has 2 aliphatic heterocycles. The molecule has 0 bridgehead atoms. The van der Waals surface area contributed by atoms with E-state index < -0.39 is 41.6 Å². The Labute approximate surface area is 239 Å². The van der Waals surface area contributed by atoms with Crippen LogP contribution in [0.15, 0.2) is 60.8 Å². The summed E-state index contributed by atoms with van der Waals surface area (Å²) >= 11 is 0. The van der Waals surface area contributed by atoms with Crippen molar-refractivity contribution in [3.05, 3.63) is 77.6 Å². The van der Waals surface area contributed by atoms with Crippen molar-refractivity contribution in [1.29, 1.82) is 10.5 Å². The molecule has 3 aliphatic rings. The molecular formula is C30H23F2N7O3. The van der Waals surface area contributed by atoms with Crippen LogP contribution in [0.1, 0.15) is 48.5 Å². The first-order valence-electron chi connectivity index (χ1n) is 13.4. The van der Waals surface area contributed by atoms with E-state index in [1.165, 1.54) is 28.1 Å². The number of halogens is 2. The number of hydrogen-bond acceptors (Lipinski definition) is 7. The molecule has 3 heterocycles. The highest BCUT2D eigenvalue weighted by Gasteiger charge is 2.51. The molecule has 2 fully saturated rings. The SMILES string of the molecule is N#Cc1cccc(N(C(=O)[C@@H]2CCC(=O)N2c2nccc(C#N)n2)[C@@H]2C(=O)N(CC3CC(F)(F)C3)c3ccccc32)c1. The average molecular weight is 568 g/mol. The third-order valence-electron chi connectivity index (χ3n) is 7.86.